The topological polar surface area (TPSA) is 64.3 Å². The standard InChI is InChI=1S/C14H16N2O2S/c15-12-2-1-3-13(8-12)18-6-4-14(17)16-9-11-5-7-19-10-11/h1-3,5,7-8,10H,4,6,9,15H2,(H,16,17). The lowest BCUT2D eigenvalue weighted by molar-refractivity contribution is -0.121. The molecule has 1 aromatic carbocycles. The molecule has 0 aliphatic carbocycles. The van der Waals surface area contributed by atoms with E-state index in [0.717, 1.165) is 5.56 Å². The summed E-state index contributed by atoms with van der Waals surface area (Å²) < 4.78 is 5.46. The number of hydrogen-bond acceptors (Lipinski definition) is 4. The van der Waals surface area contributed by atoms with Crippen molar-refractivity contribution in [2.24, 2.45) is 0 Å². The Balaban J connectivity index is 1.66. The quantitative estimate of drug-likeness (QED) is 0.796. The molecular formula is C14H16N2O2S. The van der Waals surface area contributed by atoms with Crippen molar-refractivity contribution >= 4 is 22.9 Å². The third-order valence-electron chi connectivity index (χ3n) is 2.53. The molecule has 2 rings (SSSR count). The molecule has 3 N–H and O–H groups in total. The summed E-state index contributed by atoms with van der Waals surface area (Å²) in [6.07, 6.45) is 0.332. The van der Waals surface area contributed by atoms with Gasteiger partial charge in [0.1, 0.15) is 5.75 Å². The summed E-state index contributed by atoms with van der Waals surface area (Å²) in [5.74, 6) is 0.667. The van der Waals surface area contributed by atoms with Crippen LogP contribution in [0, 0.1) is 0 Å². The van der Waals surface area contributed by atoms with Crippen LogP contribution in [0.15, 0.2) is 41.1 Å². The van der Waals surface area contributed by atoms with Gasteiger partial charge in [0, 0.05) is 18.3 Å². The molecule has 0 atom stereocenters. The highest BCUT2D eigenvalue weighted by atomic mass is 32.1. The minimum atomic E-state index is -0.0184. The molecule has 19 heavy (non-hydrogen) atoms. The number of rotatable bonds is 6. The summed E-state index contributed by atoms with van der Waals surface area (Å²) in [5.41, 5.74) is 7.41. The third-order valence-corrected chi connectivity index (χ3v) is 3.26. The van der Waals surface area contributed by atoms with Gasteiger partial charge in [-0.05, 0) is 34.5 Å². The maximum absolute atomic E-state index is 11.6. The van der Waals surface area contributed by atoms with Crippen LogP contribution >= 0.6 is 11.3 Å². The summed E-state index contributed by atoms with van der Waals surface area (Å²) >= 11 is 1.62. The average molecular weight is 276 g/mol. The number of hydrogen-bond donors (Lipinski definition) is 2. The van der Waals surface area contributed by atoms with Crippen molar-refractivity contribution in [1.29, 1.82) is 0 Å². The lowest BCUT2D eigenvalue weighted by atomic mass is 10.3. The number of carbonyl (C=O) groups is 1. The van der Waals surface area contributed by atoms with Gasteiger partial charge >= 0.3 is 0 Å². The molecule has 1 aromatic heterocycles. The highest BCUT2D eigenvalue weighted by Gasteiger charge is 2.02. The van der Waals surface area contributed by atoms with Gasteiger partial charge in [-0.25, -0.2) is 0 Å². The van der Waals surface area contributed by atoms with Crippen molar-refractivity contribution in [3.05, 3.63) is 46.7 Å². The Hall–Kier alpha value is -2.01. The smallest absolute Gasteiger partial charge is 0.223 e. The van der Waals surface area contributed by atoms with E-state index in [4.69, 9.17) is 10.5 Å². The van der Waals surface area contributed by atoms with Crippen LogP contribution in [0.1, 0.15) is 12.0 Å². The second-order valence-electron chi connectivity index (χ2n) is 4.08. The van der Waals surface area contributed by atoms with Crippen LogP contribution in [-0.2, 0) is 11.3 Å². The minimum absolute atomic E-state index is 0.0184. The van der Waals surface area contributed by atoms with Crippen molar-refractivity contribution in [1.82, 2.24) is 5.32 Å². The van der Waals surface area contributed by atoms with Crippen molar-refractivity contribution < 1.29 is 9.53 Å². The Labute approximate surface area is 116 Å². The first-order valence-electron chi connectivity index (χ1n) is 6.00. The second-order valence-corrected chi connectivity index (χ2v) is 4.86. The molecule has 0 fully saturated rings. The first-order chi connectivity index (χ1) is 9.24. The largest absolute Gasteiger partial charge is 0.493 e. The number of ether oxygens (including phenoxy) is 1. The zero-order chi connectivity index (χ0) is 13.5. The van der Waals surface area contributed by atoms with E-state index in [2.05, 4.69) is 5.32 Å². The molecule has 1 amide bonds. The first-order valence-corrected chi connectivity index (χ1v) is 6.94. The van der Waals surface area contributed by atoms with E-state index in [0.29, 0.717) is 31.0 Å². The number of amides is 1. The number of carbonyl (C=O) groups excluding carboxylic acids is 1. The van der Waals surface area contributed by atoms with E-state index in [-0.39, 0.29) is 5.91 Å². The SMILES string of the molecule is Nc1cccc(OCCC(=O)NCc2ccsc2)c1. The van der Waals surface area contributed by atoms with Gasteiger partial charge in [-0.2, -0.15) is 11.3 Å². The Morgan fingerprint density at radius 1 is 1.37 bits per heavy atom. The number of nitrogen functional groups attached to an aromatic ring is 1. The van der Waals surface area contributed by atoms with Crippen molar-refractivity contribution in [3.63, 3.8) is 0 Å². The molecule has 4 nitrogen and oxygen atoms in total. The van der Waals surface area contributed by atoms with Crippen molar-refractivity contribution in [3.8, 4) is 5.75 Å². The predicted molar refractivity (Wildman–Crippen MR) is 77.1 cm³/mol. The fourth-order valence-electron chi connectivity index (χ4n) is 1.55. The van der Waals surface area contributed by atoms with E-state index in [1.165, 1.54) is 0 Å². The lowest BCUT2D eigenvalue weighted by Gasteiger charge is -2.07. The first kappa shape index (κ1) is 13.4. The molecule has 0 saturated carbocycles. The van der Waals surface area contributed by atoms with E-state index >= 15 is 0 Å². The van der Waals surface area contributed by atoms with Crippen LogP contribution in [0.4, 0.5) is 5.69 Å². The monoisotopic (exact) mass is 276 g/mol. The van der Waals surface area contributed by atoms with Gasteiger partial charge in [0.25, 0.3) is 0 Å². The molecule has 1 heterocycles. The van der Waals surface area contributed by atoms with Gasteiger partial charge in [-0.15, -0.1) is 0 Å². The number of benzene rings is 1. The van der Waals surface area contributed by atoms with E-state index < -0.39 is 0 Å². The summed E-state index contributed by atoms with van der Waals surface area (Å²) in [6, 6.07) is 9.17. The van der Waals surface area contributed by atoms with Gasteiger partial charge in [0.2, 0.25) is 5.91 Å². The predicted octanol–water partition coefficient (Wildman–Crippen LogP) is 2.42. The Bertz CT molecular complexity index is 526. The van der Waals surface area contributed by atoms with Crippen LogP contribution in [-0.4, -0.2) is 12.5 Å². The number of nitrogens with one attached hydrogen (secondary N) is 1. The fourth-order valence-corrected chi connectivity index (χ4v) is 2.22. The highest BCUT2D eigenvalue weighted by Crippen LogP contribution is 2.14. The molecule has 2 aromatic rings. The van der Waals surface area contributed by atoms with Crippen LogP contribution < -0.4 is 15.8 Å². The molecule has 0 radical (unpaired) electrons. The number of anilines is 1. The van der Waals surface area contributed by atoms with Crippen LogP contribution in [0.3, 0.4) is 0 Å². The number of nitrogens with two attached hydrogens (primary N) is 1. The number of thiophene rings is 1. The summed E-state index contributed by atoms with van der Waals surface area (Å²) in [5, 5.41) is 6.85. The molecule has 0 aliphatic heterocycles. The Morgan fingerprint density at radius 2 is 2.26 bits per heavy atom. The van der Waals surface area contributed by atoms with Gasteiger partial charge in [0.05, 0.1) is 13.0 Å². The second kappa shape index (κ2) is 6.80. The average Bonchev–Trinajstić information content (AvgIpc) is 2.89. The zero-order valence-electron chi connectivity index (χ0n) is 10.5. The summed E-state index contributed by atoms with van der Waals surface area (Å²) in [6.45, 7) is 0.916. The molecule has 100 valence electrons. The van der Waals surface area contributed by atoms with Crippen molar-refractivity contribution in [2.75, 3.05) is 12.3 Å². The molecule has 0 spiro atoms. The normalized spacial score (nSPS) is 10.1. The summed E-state index contributed by atoms with van der Waals surface area (Å²) in [4.78, 5) is 11.6. The lowest BCUT2D eigenvalue weighted by Crippen LogP contribution is -2.24. The Morgan fingerprint density at radius 3 is 3.00 bits per heavy atom. The molecule has 0 unspecified atom stereocenters. The maximum Gasteiger partial charge on any atom is 0.223 e. The van der Waals surface area contributed by atoms with Gasteiger partial charge in [0.15, 0.2) is 0 Å². The van der Waals surface area contributed by atoms with E-state index in [1.54, 1.807) is 23.5 Å². The Kier molecular flexibility index (Phi) is 4.80. The third kappa shape index (κ3) is 4.63. The molecule has 0 bridgehead atoms. The highest BCUT2D eigenvalue weighted by molar-refractivity contribution is 7.07. The van der Waals surface area contributed by atoms with Crippen molar-refractivity contribution in [2.45, 2.75) is 13.0 Å². The molecule has 0 aliphatic rings. The maximum atomic E-state index is 11.6. The molecule has 5 heteroatoms. The van der Waals surface area contributed by atoms with E-state index in [9.17, 15) is 4.79 Å². The van der Waals surface area contributed by atoms with Crippen LogP contribution in [0.5, 0.6) is 5.75 Å². The van der Waals surface area contributed by atoms with E-state index in [1.807, 2.05) is 29.0 Å². The molecule has 0 saturated heterocycles. The molecular weight excluding hydrogens is 260 g/mol. The van der Waals surface area contributed by atoms with Gasteiger partial charge in [-0.3, -0.25) is 4.79 Å². The van der Waals surface area contributed by atoms with Crippen LogP contribution in [0.25, 0.3) is 0 Å². The van der Waals surface area contributed by atoms with Gasteiger partial charge in [-0.1, -0.05) is 6.07 Å². The zero-order valence-corrected chi connectivity index (χ0v) is 11.3. The fraction of sp³-hybridized carbons (Fsp3) is 0.214. The van der Waals surface area contributed by atoms with Crippen LogP contribution in [0.2, 0.25) is 0 Å². The summed E-state index contributed by atoms with van der Waals surface area (Å²) in [7, 11) is 0. The van der Waals surface area contributed by atoms with Gasteiger partial charge < -0.3 is 15.8 Å². The minimum Gasteiger partial charge on any atom is -0.493 e.